The Labute approximate surface area is 346 Å². The third kappa shape index (κ3) is 8.47. The predicted molar refractivity (Wildman–Crippen MR) is 226 cm³/mol. The first-order valence-electron chi connectivity index (χ1n) is 21.0. The molecule has 59 heavy (non-hydrogen) atoms. The minimum absolute atomic E-state index is 0.0102. The molecular weight excluding hydrogens is 771 g/mol. The number of hydrogen-bond acceptors (Lipinski definition) is 10. The first-order chi connectivity index (χ1) is 28.0. The summed E-state index contributed by atoms with van der Waals surface area (Å²) in [6.45, 7) is 7.85. The second kappa shape index (κ2) is 16.3. The summed E-state index contributed by atoms with van der Waals surface area (Å²) in [7, 11) is -0.135. The minimum atomic E-state index is -3.97. The number of hydrogen-bond donors (Lipinski definition) is 1. The topological polar surface area (TPSA) is 165 Å². The Morgan fingerprint density at radius 1 is 1.00 bits per heavy atom. The number of aryl methyl sites for hydroxylation is 1. The summed E-state index contributed by atoms with van der Waals surface area (Å²) in [4.78, 5) is 74.6. The highest BCUT2D eigenvalue weighted by molar-refractivity contribution is 7.91. The number of benzene rings is 2. The number of Topliss-reactive ketones (excluding diaryl/α,β-unsaturated/α-hetero) is 2. The van der Waals surface area contributed by atoms with E-state index < -0.39 is 44.2 Å². The van der Waals surface area contributed by atoms with E-state index in [0.29, 0.717) is 55.0 Å². The molecular formula is C45H57N5O8S. The van der Waals surface area contributed by atoms with Crippen molar-refractivity contribution in [3.8, 4) is 5.88 Å². The lowest BCUT2D eigenvalue weighted by molar-refractivity contribution is -0.143. The molecule has 4 aliphatic rings. The van der Waals surface area contributed by atoms with Crippen molar-refractivity contribution >= 4 is 49.9 Å². The highest BCUT2D eigenvalue weighted by atomic mass is 32.2. The fraction of sp³-hybridized carbons (Fsp3) is 0.556. The van der Waals surface area contributed by atoms with E-state index in [-0.39, 0.29) is 72.5 Å². The van der Waals surface area contributed by atoms with Gasteiger partial charge >= 0.3 is 0 Å². The number of rotatable bonds is 10. The summed E-state index contributed by atoms with van der Waals surface area (Å²) in [5.41, 5.74) is -0.123. The van der Waals surface area contributed by atoms with Crippen LogP contribution >= 0.6 is 0 Å². The van der Waals surface area contributed by atoms with Crippen molar-refractivity contribution in [1.29, 1.82) is 0 Å². The molecule has 7 rings (SSSR count). The Bertz CT molecular complexity index is 2340. The van der Waals surface area contributed by atoms with Gasteiger partial charge in [0, 0.05) is 57.1 Å². The molecule has 2 saturated carbocycles. The van der Waals surface area contributed by atoms with Crippen LogP contribution in [0.1, 0.15) is 95.8 Å². The summed E-state index contributed by atoms with van der Waals surface area (Å²) in [5.74, 6) is -2.51. The van der Waals surface area contributed by atoms with Crippen molar-refractivity contribution in [1.82, 2.24) is 19.4 Å². The molecule has 2 aliphatic carbocycles. The van der Waals surface area contributed by atoms with Crippen molar-refractivity contribution in [3.63, 3.8) is 0 Å². The van der Waals surface area contributed by atoms with E-state index in [1.54, 1.807) is 50.2 Å². The number of aromatic nitrogens is 2. The molecule has 316 valence electrons. The summed E-state index contributed by atoms with van der Waals surface area (Å²) < 4.78 is 35.8. The number of nitrogens with zero attached hydrogens (tertiary/aromatic N) is 4. The Morgan fingerprint density at radius 2 is 1.69 bits per heavy atom. The van der Waals surface area contributed by atoms with Gasteiger partial charge in [0.05, 0.1) is 33.5 Å². The Kier molecular flexibility index (Phi) is 11.7. The maximum Gasteiger partial charge on any atom is 0.274 e. The summed E-state index contributed by atoms with van der Waals surface area (Å²) in [6.07, 6.45) is 6.40. The number of sulfonamides is 1. The average molecular weight is 828 g/mol. The van der Waals surface area contributed by atoms with E-state index in [1.165, 1.54) is 9.58 Å². The number of ketones is 2. The van der Waals surface area contributed by atoms with Crippen molar-refractivity contribution in [2.24, 2.45) is 29.1 Å². The van der Waals surface area contributed by atoms with Crippen molar-refractivity contribution in [2.45, 2.75) is 109 Å². The molecule has 2 amide bonds. The maximum absolute atomic E-state index is 15.1. The van der Waals surface area contributed by atoms with Crippen molar-refractivity contribution < 1.29 is 32.3 Å². The number of nitrogens with one attached hydrogen (secondary N) is 1. The van der Waals surface area contributed by atoms with Gasteiger partial charge < -0.3 is 14.5 Å². The Balaban J connectivity index is 1.25. The monoisotopic (exact) mass is 827 g/mol. The van der Waals surface area contributed by atoms with Gasteiger partial charge in [-0.05, 0) is 107 Å². The van der Waals surface area contributed by atoms with Gasteiger partial charge in [0.25, 0.3) is 5.56 Å². The first kappa shape index (κ1) is 42.3. The lowest BCUT2D eigenvalue weighted by Gasteiger charge is -2.32. The van der Waals surface area contributed by atoms with Crippen LogP contribution in [0.4, 0.5) is 5.69 Å². The molecule has 7 atom stereocenters. The van der Waals surface area contributed by atoms with Crippen LogP contribution in [0.5, 0.6) is 5.88 Å². The molecule has 1 N–H and O–H groups in total. The van der Waals surface area contributed by atoms with Gasteiger partial charge in [0.1, 0.15) is 6.10 Å². The maximum atomic E-state index is 15.1. The van der Waals surface area contributed by atoms with Crippen LogP contribution in [0, 0.1) is 29.1 Å². The highest BCUT2D eigenvalue weighted by Gasteiger charge is 2.62. The van der Waals surface area contributed by atoms with Crippen LogP contribution in [0.15, 0.2) is 65.5 Å². The molecule has 0 spiro atoms. The molecule has 3 aromatic rings. The number of anilines is 1. The molecule has 3 fully saturated rings. The smallest absolute Gasteiger partial charge is 0.274 e. The molecule has 14 heteroatoms. The molecule has 2 aliphatic heterocycles. The third-order valence-corrected chi connectivity index (χ3v) is 15.5. The molecule has 1 saturated heterocycles. The van der Waals surface area contributed by atoms with Gasteiger partial charge in [0.15, 0.2) is 11.6 Å². The van der Waals surface area contributed by atoms with E-state index in [9.17, 15) is 27.6 Å². The number of ether oxygens (including phenoxy) is 1. The normalized spacial score (nSPS) is 28.7. The van der Waals surface area contributed by atoms with Crippen molar-refractivity contribution in [3.05, 3.63) is 76.6 Å². The lowest BCUT2D eigenvalue weighted by atomic mass is 9.80. The molecule has 0 bridgehead atoms. The fourth-order valence-corrected chi connectivity index (χ4v) is 10.3. The van der Waals surface area contributed by atoms with Crippen LogP contribution in [0.2, 0.25) is 0 Å². The fourth-order valence-electron chi connectivity index (χ4n) is 9.01. The van der Waals surface area contributed by atoms with E-state index in [2.05, 4.69) is 16.7 Å². The van der Waals surface area contributed by atoms with Gasteiger partial charge in [-0.25, -0.2) is 13.1 Å². The van der Waals surface area contributed by atoms with Crippen LogP contribution in [0.3, 0.4) is 0 Å². The van der Waals surface area contributed by atoms with E-state index >= 15 is 4.79 Å². The molecule has 3 heterocycles. The molecule has 13 nitrogen and oxygen atoms in total. The molecule has 0 radical (unpaired) electrons. The number of allylic oxidation sites excluding steroid dienone is 2. The highest BCUT2D eigenvalue weighted by Crippen LogP contribution is 2.57. The first-order valence-corrected chi connectivity index (χ1v) is 22.5. The Hall–Kier alpha value is -4.85. The summed E-state index contributed by atoms with van der Waals surface area (Å²) >= 11 is 0. The number of fused-ring (bicyclic) bond motifs is 3. The van der Waals surface area contributed by atoms with Gasteiger partial charge in [-0.2, -0.15) is 0 Å². The Morgan fingerprint density at radius 3 is 2.36 bits per heavy atom. The second-order valence-electron chi connectivity index (χ2n) is 17.9. The van der Waals surface area contributed by atoms with Gasteiger partial charge in [-0.1, -0.05) is 38.1 Å². The van der Waals surface area contributed by atoms with Crippen LogP contribution < -0.4 is 19.9 Å². The predicted octanol–water partition coefficient (Wildman–Crippen LogP) is 5.70. The van der Waals surface area contributed by atoms with Gasteiger partial charge in [-0.3, -0.25) is 28.7 Å². The van der Waals surface area contributed by atoms with Crippen LogP contribution in [-0.4, -0.2) is 84.0 Å². The standard InChI is InChI=1S/C45H57N5O8S/c1-7-50-42(54)35-15-11-10-14-34(35)40(46-50)58-33-23-37-39(52)26-45(43(55)47-59(56,57)44(4)20-21-44)25-31(45)13-9-8-12-28(2)22-29(3)36(41(53)49(37)27-33)24-38(51)30-16-18-32(19-17-30)48(5)6/h9-11,13-19,28-29,31,33,36-37H,7-8,12,20-27H2,1-6H3,(H,47,55)/b13-9-/t28-,29+,31+,33+,36-,37-,45+/m0/s1. The zero-order valence-electron chi connectivity index (χ0n) is 35.0. The summed E-state index contributed by atoms with van der Waals surface area (Å²) in [6, 6.07) is 13.3. The molecule has 2 aromatic carbocycles. The van der Waals surface area contributed by atoms with Crippen molar-refractivity contribution in [2.75, 3.05) is 25.5 Å². The second-order valence-corrected chi connectivity index (χ2v) is 20.1. The lowest BCUT2D eigenvalue weighted by Crippen LogP contribution is -2.48. The van der Waals surface area contributed by atoms with E-state index in [0.717, 1.165) is 12.1 Å². The number of amides is 2. The quantitative estimate of drug-likeness (QED) is 0.198. The third-order valence-electron chi connectivity index (χ3n) is 13.3. The summed E-state index contributed by atoms with van der Waals surface area (Å²) in [5, 5.41) is 5.46. The average Bonchev–Trinajstić information content (AvgIpc) is 4.09. The zero-order valence-corrected chi connectivity index (χ0v) is 35.8. The van der Waals surface area contributed by atoms with E-state index in [1.807, 2.05) is 50.2 Å². The zero-order chi connectivity index (χ0) is 42.4. The largest absolute Gasteiger partial charge is 0.471 e. The number of carbonyl (C=O) groups is 4. The minimum Gasteiger partial charge on any atom is -0.471 e. The SMILES string of the molecule is CCn1nc(O[C@@H]2C[C@H]3C(=O)C[C@]4(C(=O)NS(=O)(=O)C5(C)CC5)C[C@H]4/C=C\CC[C@H](C)C[C@@H](C)[C@H](CC(=O)c4ccc(N(C)C)cc4)C(=O)N3C2)c2ccccc2c1=O. The van der Waals surface area contributed by atoms with Gasteiger partial charge in [0.2, 0.25) is 27.7 Å². The number of carbonyl (C=O) groups excluding carboxylic acids is 4. The molecule has 1 aromatic heterocycles. The van der Waals surface area contributed by atoms with Crippen LogP contribution in [0.25, 0.3) is 10.8 Å². The van der Waals surface area contributed by atoms with Gasteiger partial charge in [-0.15, -0.1) is 5.10 Å². The van der Waals surface area contributed by atoms with E-state index in [4.69, 9.17) is 4.74 Å². The molecule has 0 unspecified atom stereocenters. The van der Waals surface area contributed by atoms with Crippen LogP contribution in [-0.2, 0) is 31.0 Å².